The van der Waals surface area contributed by atoms with Gasteiger partial charge in [-0.1, -0.05) is 0 Å². The van der Waals surface area contributed by atoms with E-state index in [0.717, 1.165) is 0 Å². The lowest BCUT2D eigenvalue weighted by Gasteiger charge is -2.20. The molecule has 2 N–H and O–H groups in total. The third-order valence-corrected chi connectivity index (χ3v) is 0.362. The van der Waals surface area contributed by atoms with Crippen molar-refractivity contribution in [2.45, 2.75) is 6.08 Å². The zero-order valence-corrected chi connectivity index (χ0v) is 2.45. The summed E-state index contributed by atoms with van der Waals surface area (Å²) in [6.45, 7) is -4.70. The second-order valence-electron chi connectivity index (χ2n) is 0.724. The van der Waals surface area contributed by atoms with Crippen LogP contribution in [-0.2, 0) is 0 Å². The van der Waals surface area contributed by atoms with Crippen molar-refractivity contribution in [3.63, 3.8) is 0 Å². The van der Waals surface area contributed by atoms with Gasteiger partial charge in [0.05, 0.1) is 7.45 Å². The first-order chi connectivity index (χ1) is 4.21. The molecule has 2 heteroatoms. The van der Waals surface area contributed by atoms with E-state index in [9.17, 15) is 0 Å². The van der Waals surface area contributed by atoms with Gasteiger partial charge in [0.25, 0.3) is 0 Å². The Morgan fingerprint density at radius 3 is 2.80 bits per heavy atom. The van der Waals surface area contributed by atoms with E-state index in [1.165, 1.54) is 0 Å². The lowest BCUT2D eigenvalue weighted by atomic mass is 10.2. The van der Waals surface area contributed by atoms with Crippen LogP contribution in [0.25, 0.3) is 0 Å². The van der Waals surface area contributed by atoms with Gasteiger partial charge in [-0.05, 0) is 0 Å². The summed E-state index contributed by atoms with van der Waals surface area (Å²) in [7, 11) is 0. The molecule has 1 heterocycles. The number of nitrogens with one attached hydrogen (secondary N) is 1. The number of β-amino-alcohol motifs (C(OH)–C–C–N with tert-alkyl or cyclic N) is 1. The van der Waals surface area contributed by atoms with Crippen LogP contribution in [0.3, 0.4) is 0 Å². The third kappa shape index (κ3) is 0.412. The van der Waals surface area contributed by atoms with Crippen molar-refractivity contribution in [3.05, 3.63) is 0 Å². The first-order valence-electron chi connectivity index (χ1n) is 3.72. The molecule has 1 saturated heterocycles. The van der Waals surface area contributed by atoms with Crippen molar-refractivity contribution in [1.29, 1.82) is 0 Å². The maximum Gasteiger partial charge on any atom is 0.0788 e. The van der Waals surface area contributed by atoms with Gasteiger partial charge in [0.2, 0.25) is 0 Å². The molecule has 0 saturated carbocycles. The van der Waals surface area contributed by atoms with Gasteiger partial charge < -0.3 is 10.4 Å². The van der Waals surface area contributed by atoms with Crippen LogP contribution in [0.5, 0.6) is 0 Å². The van der Waals surface area contributed by atoms with Gasteiger partial charge in [-0.15, -0.1) is 0 Å². The highest BCUT2D eigenvalue weighted by Crippen LogP contribution is 1.85. The van der Waals surface area contributed by atoms with E-state index in [1.807, 2.05) is 0 Å². The van der Waals surface area contributed by atoms with Crippen LogP contribution in [0, 0.1) is 0 Å². The van der Waals surface area contributed by atoms with Crippen molar-refractivity contribution in [3.8, 4) is 0 Å². The molecule has 0 atom stereocenters. The van der Waals surface area contributed by atoms with Crippen molar-refractivity contribution < 1.29 is 12.0 Å². The predicted molar refractivity (Wildman–Crippen MR) is 18.9 cm³/mol. The fourth-order valence-electron chi connectivity index (χ4n) is 0.118. The Hall–Kier alpha value is -0.0800. The van der Waals surface area contributed by atoms with Crippen LogP contribution in [0.2, 0.25) is 0 Å². The minimum Gasteiger partial charge on any atom is -0.390 e. The average molecular weight is 78.1 g/mol. The quantitative estimate of drug-likeness (QED) is 0.387. The molecular weight excluding hydrogens is 66.0 g/mol. The van der Waals surface area contributed by atoms with E-state index < -0.39 is 19.1 Å². The Morgan fingerprint density at radius 2 is 2.80 bits per heavy atom. The van der Waals surface area contributed by atoms with Gasteiger partial charge in [-0.3, -0.25) is 0 Å². The van der Waals surface area contributed by atoms with Gasteiger partial charge in [0.1, 0.15) is 0 Å². The Balaban J connectivity index is 2.85. The summed E-state index contributed by atoms with van der Waals surface area (Å²) in [4.78, 5) is 0. The fraction of sp³-hybridized carbons (Fsp3) is 1.00. The summed E-state index contributed by atoms with van der Waals surface area (Å²) < 4.78 is 34.0. The van der Waals surface area contributed by atoms with Gasteiger partial charge in [0, 0.05) is 18.5 Å². The molecule has 0 radical (unpaired) electrons. The second-order valence-corrected chi connectivity index (χ2v) is 0.724. The van der Waals surface area contributed by atoms with Crippen LogP contribution in [0.4, 0.5) is 0 Å². The molecule has 30 valence electrons. The molecule has 1 rings (SSSR count). The molecule has 0 aromatic rings. The largest absolute Gasteiger partial charge is 0.390 e. The molecule has 0 amide bonds. The van der Waals surface area contributed by atoms with Crippen LogP contribution < -0.4 is 5.32 Å². The third-order valence-electron chi connectivity index (χ3n) is 0.362. The molecule has 2 nitrogen and oxygen atoms in total. The highest BCUT2D eigenvalue weighted by atomic mass is 16.3. The molecule has 0 bridgehead atoms. The standard InChI is InChI=1S/C3H7NO/c5-3-1-4-2-3/h3-5H,1-2H2/i1D2,2D2,3D. The highest BCUT2D eigenvalue weighted by Gasteiger charge is 2.10. The summed E-state index contributed by atoms with van der Waals surface area (Å²) >= 11 is 0. The van der Waals surface area contributed by atoms with Crippen LogP contribution in [-0.4, -0.2) is 24.2 Å². The van der Waals surface area contributed by atoms with Crippen molar-refractivity contribution in [2.24, 2.45) is 0 Å². The van der Waals surface area contributed by atoms with Gasteiger partial charge in [0.15, 0.2) is 0 Å². The monoisotopic (exact) mass is 78.1 g/mol. The van der Waals surface area contributed by atoms with Crippen molar-refractivity contribution >= 4 is 0 Å². The second kappa shape index (κ2) is 0.954. The van der Waals surface area contributed by atoms with Crippen molar-refractivity contribution in [2.75, 3.05) is 13.0 Å². The van der Waals surface area contributed by atoms with E-state index >= 15 is 0 Å². The molecule has 0 spiro atoms. The van der Waals surface area contributed by atoms with E-state index in [2.05, 4.69) is 0 Å². The summed E-state index contributed by atoms with van der Waals surface area (Å²) in [6, 6.07) is 0. The maximum absolute atomic E-state index is 8.82. The molecule has 0 aliphatic carbocycles. The molecule has 0 aromatic carbocycles. The molecule has 1 aliphatic rings. The lowest BCUT2D eigenvalue weighted by molar-refractivity contribution is 0.117. The normalized spacial score (nSPS) is 67.0. The lowest BCUT2D eigenvalue weighted by Crippen LogP contribution is -2.46. The van der Waals surface area contributed by atoms with Gasteiger partial charge in [-0.2, -0.15) is 0 Å². The summed E-state index contributed by atoms with van der Waals surface area (Å²) in [6.07, 6.45) is -2.68. The summed E-state index contributed by atoms with van der Waals surface area (Å²) in [5.74, 6) is 0. The molecule has 0 aromatic heterocycles. The predicted octanol–water partition coefficient (Wildman–Crippen LogP) is -1.05. The maximum atomic E-state index is 8.82. The Morgan fingerprint density at radius 1 is 2.20 bits per heavy atom. The first kappa shape index (κ1) is 0.768. The van der Waals surface area contributed by atoms with Crippen LogP contribution in [0.15, 0.2) is 0 Å². The van der Waals surface area contributed by atoms with E-state index in [1.54, 1.807) is 5.32 Å². The average Bonchev–Trinajstić information content (AvgIpc) is 1.61. The highest BCUT2D eigenvalue weighted by molar-refractivity contribution is 4.71. The fourth-order valence-corrected chi connectivity index (χ4v) is 0.118. The van der Waals surface area contributed by atoms with Gasteiger partial charge >= 0.3 is 0 Å². The number of hydrogen-bond acceptors (Lipinski definition) is 2. The Kier molecular flexibility index (Phi) is 0.147. The number of hydrogen-bond donors (Lipinski definition) is 2. The molecular formula is C3H7NO. The molecule has 0 unspecified atom stereocenters. The zero-order valence-electron chi connectivity index (χ0n) is 7.45. The van der Waals surface area contributed by atoms with Gasteiger partial charge in [-0.25, -0.2) is 0 Å². The summed E-state index contributed by atoms with van der Waals surface area (Å²) in [5.41, 5.74) is 0. The Labute approximate surface area is 37.8 Å². The van der Waals surface area contributed by atoms with E-state index in [0.29, 0.717) is 0 Å². The number of rotatable bonds is 0. The zero-order chi connectivity index (χ0) is 8.21. The van der Waals surface area contributed by atoms with Crippen LogP contribution >= 0.6 is 0 Å². The summed E-state index contributed by atoms with van der Waals surface area (Å²) in [5, 5.41) is 10.6. The number of aliphatic hydroxyl groups is 1. The molecule has 1 aliphatic heterocycles. The smallest absolute Gasteiger partial charge is 0.0788 e. The topological polar surface area (TPSA) is 32.3 Å². The minimum absolute atomic E-state index is 1.78. The van der Waals surface area contributed by atoms with E-state index in [4.69, 9.17) is 12.0 Å². The SMILES string of the molecule is [2H]C1([2H])NC([2H])([2H])C1([2H])O. The molecule has 1 fully saturated rings. The molecule has 5 heavy (non-hydrogen) atoms. The van der Waals surface area contributed by atoms with Crippen LogP contribution in [0.1, 0.15) is 6.85 Å². The van der Waals surface area contributed by atoms with E-state index in [-0.39, 0.29) is 0 Å². The Bertz CT molecular complexity index is 150. The van der Waals surface area contributed by atoms with Crippen molar-refractivity contribution in [1.82, 2.24) is 5.32 Å². The minimum atomic E-state index is -2.68. The first-order valence-corrected chi connectivity index (χ1v) is 1.22.